The van der Waals surface area contributed by atoms with Crippen molar-refractivity contribution in [3.05, 3.63) is 35.2 Å². The number of aromatic carboxylic acids is 1. The lowest BCUT2D eigenvalue weighted by Gasteiger charge is -2.04. The van der Waals surface area contributed by atoms with Gasteiger partial charge in [0, 0.05) is 11.1 Å². The van der Waals surface area contributed by atoms with Crippen LogP contribution < -0.4 is 0 Å². The van der Waals surface area contributed by atoms with Gasteiger partial charge in [0.1, 0.15) is 0 Å². The standard InChI is InChI=1S/C13H14N2O2/c1-3-4-10-6-5-9-7-11(13(16)17)8(2)14-12(9)15-10/h5-7H,3-4H2,1-2H3,(H,16,17). The first kappa shape index (κ1) is 11.5. The van der Waals surface area contributed by atoms with E-state index in [1.807, 2.05) is 12.1 Å². The highest BCUT2D eigenvalue weighted by Gasteiger charge is 2.10. The molecule has 1 N–H and O–H groups in total. The predicted molar refractivity (Wildman–Crippen MR) is 65.2 cm³/mol. The SMILES string of the molecule is CCCc1ccc2cc(C(=O)O)c(C)nc2n1. The summed E-state index contributed by atoms with van der Waals surface area (Å²) in [6.07, 6.45) is 1.95. The van der Waals surface area contributed by atoms with E-state index in [4.69, 9.17) is 5.11 Å². The molecule has 0 amide bonds. The Kier molecular flexibility index (Phi) is 3.04. The van der Waals surface area contributed by atoms with E-state index in [0.29, 0.717) is 11.3 Å². The molecule has 0 spiro atoms. The van der Waals surface area contributed by atoms with E-state index in [2.05, 4.69) is 16.9 Å². The molecular formula is C13H14N2O2. The monoisotopic (exact) mass is 230 g/mol. The predicted octanol–water partition coefficient (Wildman–Crippen LogP) is 2.59. The number of nitrogens with zero attached hydrogens (tertiary/aromatic N) is 2. The Balaban J connectivity index is 2.57. The Morgan fingerprint density at radius 2 is 2.12 bits per heavy atom. The van der Waals surface area contributed by atoms with E-state index in [1.54, 1.807) is 13.0 Å². The average Bonchev–Trinajstić information content (AvgIpc) is 2.28. The summed E-state index contributed by atoms with van der Waals surface area (Å²) in [5.74, 6) is -0.950. The molecule has 0 saturated carbocycles. The van der Waals surface area contributed by atoms with Crippen LogP contribution in [-0.4, -0.2) is 21.0 Å². The largest absolute Gasteiger partial charge is 0.478 e. The lowest BCUT2D eigenvalue weighted by Crippen LogP contribution is -2.03. The van der Waals surface area contributed by atoms with Gasteiger partial charge in [0.25, 0.3) is 0 Å². The van der Waals surface area contributed by atoms with E-state index in [-0.39, 0.29) is 5.56 Å². The first-order valence-electron chi connectivity index (χ1n) is 5.62. The van der Waals surface area contributed by atoms with Crippen LogP contribution in [0.2, 0.25) is 0 Å². The molecule has 2 heterocycles. The first-order valence-corrected chi connectivity index (χ1v) is 5.62. The molecule has 0 aliphatic heterocycles. The average molecular weight is 230 g/mol. The van der Waals surface area contributed by atoms with Gasteiger partial charge >= 0.3 is 5.97 Å². The summed E-state index contributed by atoms with van der Waals surface area (Å²) >= 11 is 0. The third kappa shape index (κ3) is 2.25. The smallest absolute Gasteiger partial charge is 0.337 e. The van der Waals surface area contributed by atoms with E-state index >= 15 is 0 Å². The second-order valence-electron chi connectivity index (χ2n) is 4.03. The van der Waals surface area contributed by atoms with Crippen LogP contribution in [-0.2, 0) is 6.42 Å². The number of rotatable bonds is 3. The molecule has 2 aromatic rings. The fraction of sp³-hybridized carbons (Fsp3) is 0.308. The Morgan fingerprint density at radius 1 is 1.35 bits per heavy atom. The number of aryl methyl sites for hydroxylation is 2. The third-order valence-corrected chi connectivity index (χ3v) is 2.66. The van der Waals surface area contributed by atoms with Gasteiger partial charge in [-0.2, -0.15) is 0 Å². The van der Waals surface area contributed by atoms with Crippen LogP contribution in [0.5, 0.6) is 0 Å². The Labute approximate surface area is 99.3 Å². The number of hydrogen-bond acceptors (Lipinski definition) is 3. The van der Waals surface area contributed by atoms with Gasteiger partial charge in [-0.25, -0.2) is 14.8 Å². The van der Waals surface area contributed by atoms with Crippen molar-refractivity contribution in [3.63, 3.8) is 0 Å². The molecule has 0 aromatic carbocycles. The Bertz CT molecular complexity index is 579. The molecule has 0 fully saturated rings. The molecule has 0 bridgehead atoms. The van der Waals surface area contributed by atoms with Crippen LogP contribution in [0.3, 0.4) is 0 Å². The summed E-state index contributed by atoms with van der Waals surface area (Å²) in [6.45, 7) is 3.79. The second kappa shape index (κ2) is 4.49. The minimum absolute atomic E-state index is 0.238. The molecule has 2 rings (SSSR count). The van der Waals surface area contributed by atoms with E-state index < -0.39 is 5.97 Å². The van der Waals surface area contributed by atoms with Crippen molar-refractivity contribution in [1.29, 1.82) is 0 Å². The summed E-state index contributed by atoms with van der Waals surface area (Å²) in [4.78, 5) is 19.6. The maximum absolute atomic E-state index is 11.0. The van der Waals surface area contributed by atoms with Gasteiger partial charge in [0.15, 0.2) is 5.65 Å². The lowest BCUT2D eigenvalue weighted by atomic mass is 10.1. The van der Waals surface area contributed by atoms with Crippen molar-refractivity contribution >= 4 is 17.0 Å². The number of pyridine rings is 2. The van der Waals surface area contributed by atoms with Crippen LogP contribution in [0.15, 0.2) is 18.2 Å². The van der Waals surface area contributed by atoms with Gasteiger partial charge in [-0.15, -0.1) is 0 Å². The first-order chi connectivity index (χ1) is 8.11. The molecule has 0 saturated heterocycles. The summed E-state index contributed by atoms with van der Waals surface area (Å²) in [5.41, 5.74) is 2.36. The third-order valence-electron chi connectivity index (χ3n) is 2.66. The van der Waals surface area contributed by atoms with Crippen molar-refractivity contribution in [3.8, 4) is 0 Å². The minimum atomic E-state index is -0.950. The molecule has 0 aliphatic carbocycles. The van der Waals surface area contributed by atoms with Gasteiger partial charge in [0.05, 0.1) is 11.3 Å². The number of carboxylic acids is 1. The molecule has 4 nitrogen and oxygen atoms in total. The van der Waals surface area contributed by atoms with Gasteiger partial charge < -0.3 is 5.11 Å². The van der Waals surface area contributed by atoms with Crippen molar-refractivity contribution in [2.75, 3.05) is 0 Å². The number of carboxylic acid groups (broad SMARTS) is 1. The number of fused-ring (bicyclic) bond motifs is 1. The van der Waals surface area contributed by atoms with Gasteiger partial charge in [-0.3, -0.25) is 0 Å². The zero-order chi connectivity index (χ0) is 12.4. The zero-order valence-corrected chi connectivity index (χ0v) is 9.90. The Morgan fingerprint density at radius 3 is 2.76 bits per heavy atom. The van der Waals surface area contributed by atoms with Crippen LogP contribution in [0.4, 0.5) is 0 Å². The van der Waals surface area contributed by atoms with Crippen LogP contribution in [0.1, 0.15) is 35.1 Å². The molecule has 17 heavy (non-hydrogen) atoms. The van der Waals surface area contributed by atoms with Crippen LogP contribution >= 0.6 is 0 Å². The number of aromatic nitrogens is 2. The van der Waals surface area contributed by atoms with Crippen molar-refractivity contribution < 1.29 is 9.90 Å². The lowest BCUT2D eigenvalue weighted by molar-refractivity contribution is 0.0696. The van der Waals surface area contributed by atoms with E-state index in [1.165, 1.54) is 0 Å². The van der Waals surface area contributed by atoms with Crippen LogP contribution in [0, 0.1) is 6.92 Å². The summed E-state index contributed by atoms with van der Waals surface area (Å²) < 4.78 is 0. The maximum Gasteiger partial charge on any atom is 0.337 e. The molecule has 0 atom stereocenters. The van der Waals surface area contributed by atoms with Crippen LogP contribution in [0.25, 0.3) is 11.0 Å². The molecule has 0 unspecified atom stereocenters. The summed E-state index contributed by atoms with van der Waals surface area (Å²) in [6, 6.07) is 5.43. The molecule has 0 radical (unpaired) electrons. The fourth-order valence-electron chi connectivity index (χ4n) is 1.79. The molecule has 0 aliphatic rings. The summed E-state index contributed by atoms with van der Waals surface area (Å²) in [5, 5.41) is 9.77. The normalized spacial score (nSPS) is 10.7. The zero-order valence-electron chi connectivity index (χ0n) is 9.90. The topological polar surface area (TPSA) is 63.1 Å². The van der Waals surface area contributed by atoms with E-state index in [0.717, 1.165) is 23.9 Å². The quantitative estimate of drug-likeness (QED) is 0.880. The molecule has 4 heteroatoms. The van der Waals surface area contributed by atoms with Gasteiger partial charge in [0.2, 0.25) is 0 Å². The van der Waals surface area contributed by atoms with Gasteiger partial charge in [-0.1, -0.05) is 13.3 Å². The number of hydrogen-bond donors (Lipinski definition) is 1. The molecule has 88 valence electrons. The minimum Gasteiger partial charge on any atom is -0.478 e. The maximum atomic E-state index is 11.0. The number of carbonyl (C=O) groups is 1. The second-order valence-corrected chi connectivity index (χ2v) is 4.03. The summed E-state index contributed by atoms with van der Waals surface area (Å²) in [7, 11) is 0. The van der Waals surface area contributed by atoms with Crippen molar-refractivity contribution in [1.82, 2.24) is 9.97 Å². The van der Waals surface area contributed by atoms with E-state index in [9.17, 15) is 4.79 Å². The highest BCUT2D eigenvalue weighted by atomic mass is 16.4. The van der Waals surface area contributed by atoms with Crippen molar-refractivity contribution in [2.24, 2.45) is 0 Å². The Hall–Kier alpha value is -1.97. The van der Waals surface area contributed by atoms with Crippen molar-refractivity contribution in [2.45, 2.75) is 26.7 Å². The van der Waals surface area contributed by atoms with Gasteiger partial charge in [-0.05, 0) is 31.5 Å². The molecule has 2 aromatic heterocycles. The fourth-order valence-corrected chi connectivity index (χ4v) is 1.79. The highest BCUT2D eigenvalue weighted by Crippen LogP contribution is 2.16. The highest BCUT2D eigenvalue weighted by molar-refractivity contribution is 5.93. The molecular weight excluding hydrogens is 216 g/mol.